The van der Waals surface area contributed by atoms with Gasteiger partial charge in [0.15, 0.2) is 6.61 Å². The molecule has 128 valence electrons. The molecule has 2 aromatic rings. The second-order valence-corrected chi connectivity index (χ2v) is 6.12. The Morgan fingerprint density at radius 2 is 1.79 bits per heavy atom. The van der Waals surface area contributed by atoms with E-state index in [9.17, 15) is 18.0 Å². The number of halogens is 3. The average molecular weight is 355 g/mol. The summed E-state index contributed by atoms with van der Waals surface area (Å²) in [5.74, 6) is 0.665. The van der Waals surface area contributed by atoms with Crippen LogP contribution in [-0.4, -0.2) is 24.4 Å². The predicted octanol–water partition coefficient (Wildman–Crippen LogP) is 4.99. The van der Waals surface area contributed by atoms with Gasteiger partial charge in [-0.2, -0.15) is 13.2 Å². The van der Waals surface area contributed by atoms with Gasteiger partial charge in [0.1, 0.15) is 5.75 Å². The van der Waals surface area contributed by atoms with Gasteiger partial charge < -0.3 is 10.1 Å². The number of carbonyl (C=O) groups is 1. The third kappa shape index (κ3) is 5.49. The minimum atomic E-state index is -4.38. The molecule has 0 saturated carbocycles. The zero-order valence-corrected chi connectivity index (χ0v) is 13.7. The molecule has 0 saturated heterocycles. The fraction of sp³-hybridized carbons (Fsp3) is 0.235. The van der Waals surface area contributed by atoms with Crippen LogP contribution < -0.4 is 10.1 Å². The number of hydrogen-bond acceptors (Lipinski definition) is 3. The zero-order chi connectivity index (χ0) is 17.6. The molecule has 1 amide bonds. The number of anilines is 1. The summed E-state index contributed by atoms with van der Waals surface area (Å²) in [5.41, 5.74) is 1.04. The van der Waals surface area contributed by atoms with Gasteiger partial charge in [-0.1, -0.05) is 19.1 Å². The quantitative estimate of drug-likeness (QED) is 0.742. The second kappa shape index (κ2) is 8.10. The molecule has 0 fully saturated rings. The lowest BCUT2D eigenvalue weighted by Gasteiger charge is -2.11. The van der Waals surface area contributed by atoms with Gasteiger partial charge in [-0.05, 0) is 42.2 Å². The van der Waals surface area contributed by atoms with Crippen LogP contribution in [0.4, 0.5) is 18.9 Å². The SMILES string of the molecule is CCSc1ccccc1C(=O)Nc1ccc(OCC(F)(F)F)cc1. The molecule has 0 aliphatic carbocycles. The Morgan fingerprint density at radius 3 is 2.42 bits per heavy atom. The van der Waals surface area contributed by atoms with Crippen LogP contribution in [0.5, 0.6) is 5.75 Å². The first-order chi connectivity index (χ1) is 11.4. The highest BCUT2D eigenvalue weighted by Gasteiger charge is 2.28. The van der Waals surface area contributed by atoms with Crippen molar-refractivity contribution in [2.75, 3.05) is 17.7 Å². The lowest BCUT2D eigenvalue weighted by atomic mass is 10.2. The lowest BCUT2D eigenvalue weighted by molar-refractivity contribution is -0.153. The van der Waals surface area contributed by atoms with Crippen molar-refractivity contribution < 1.29 is 22.7 Å². The summed E-state index contributed by atoms with van der Waals surface area (Å²) in [6, 6.07) is 13.0. The molecule has 0 radical (unpaired) electrons. The van der Waals surface area contributed by atoms with Crippen molar-refractivity contribution in [3.8, 4) is 5.75 Å². The normalized spacial score (nSPS) is 11.2. The molecule has 0 aromatic heterocycles. The van der Waals surface area contributed by atoms with Crippen molar-refractivity contribution in [1.82, 2.24) is 0 Å². The van der Waals surface area contributed by atoms with E-state index in [0.717, 1.165) is 10.6 Å². The minimum absolute atomic E-state index is 0.0901. The van der Waals surface area contributed by atoms with Gasteiger partial charge in [-0.25, -0.2) is 0 Å². The molecule has 0 bridgehead atoms. The van der Waals surface area contributed by atoms with Gasteiger partial charge in [0.05, 0.1) is 5.56 Å². The molecule has 0 aliphatic rings. The molecule has 3 nitrogen and oxygen atoms in total. The van der Waals surface area contributed by atoms with Gasteiger partial charge in [-0.15, -0.1) is 11.8 Å². The van der Waals surface area contributed by atoms with E-state index in [1.807, 2.05) is 19.1 Å². The number of carbonyl (C=O) groups excluding carboxylic acids is 1. The molecule has 1 N–H and O–H groups in total. The van der Waals surface area contributed by atoms with Crippen LogP contribution in [0.15, 0.2) is 53.4 Å². The van der Waals surface area contributed by atoms with Crippen LogP contribution in [0.25, 0.3) is 0 Å². The summed E-state index contributed by atoms with van der Waals surface area (Å²) in [5, 5.41) is 2.73. The number of hydrogen-bond donors (Lipinski definition) is 1. The fourth-order valence-corrected chi connectivity index (χ4v) is 2.74. The lowest BCUT2D eigenvalue weighted by Crippen LogP contribution is -2.19. The van der Waals surface area contributed by atoms with Gasteiger partial charge in [-0.3, -0.25) is 4.79 Å². The van der Waals surface area contributed by atoms with Gasteiger partial charge in [0, 0.05) is 10.6 Å². The first kappa shape index (κ1) is 18.2. The zero-order valence-electron chi connectivity index (χ0n) is 12.9. The van der Waals surface area contributed by atoms with Crippen molar-refractivity contribution >= 4 is 23.4 Å². The summed E-state index contributed by atoms with van der Waals surface area (Å²) in [6.45, 7) is 0.652. The number of thioether (sulfide) groups is 1. The fourth-order valence-electron chi connectivity index (χ4n) is 1.93. The molecule has 2 rings (SSSR count). The summed E-state index contributed by atoms with van der Waals surface area (Å²) < 4.78 is 40.9. The van der Waals surface area contributed by atoms with Crippen LogP contribution in [0, 0.1) is 0 Å². The standard InChI is InChI=1S/C17H16F3NO2S/c1-2-24-15-6-4-3-5-14(15)16(22)21-12-7-9-13(10-8-12)23-11-17(18,19)20/h3-10H,2,11H2,1H3,(H,21,22). The highest BCUT2D eigenvalue weighted by Crippen LogP contribution is 2.24. The van der Waals surface area contributed by atoms with Crippen molar-refractivity contribution in [2.24, 2.45) is 0 Å². The smallest absolute Gasteiger partial charge is 0.422 e. The van der Waals surface area contributed by atoms with Crippen LogP contribution in [0.3, 0.4) is 0 Å². The first-order valence-electron chi connectivity index (χ1n) is 7.22. The largest absolute Gasteiger partial charge is 0.484 e. The molecule has 0 spiro atoms. The molecule has 24 heavy (non-hydrogen) atoms. The molecule has 7 heteroatoms. The van der Waals surface area contributed by atoms with Crippen LogP contribution in [0.2, 0.25) is 0 Å². The topological polar surface area (TPSA) is 38.3 Å². The number of ether oxygens (including phenoxy) is 1. The second-order valence-electron chi connectivity index (χ2n) is 4.81. The maximum Gasteiger partial charge on any atom is 0.422 e. The van der Waals surface area contributed by atoms with E-state index in [1.54, 1.807) is 23.9 Å². The molecular weight excluding hydrogens is 339 g/mol. The van der Waals surface area contributed by atoms with Crippen molar-refractivity contribution in [3.05, 3.63) is 54.1 Å². The monoisotopic (exact) mass is 355 g/mol. The predicted molar refractivity (Wildman–Crippen MR) is 88.8 cm³/mol. The van der Waals surface area contributed by atoms with Crippen molar-refractivity contribution in [1.29, 1.82) is 0 Å². The number of nitrogens with one attached hydrogen (secondary N) is 1. The highest BCUT2D eigenvalue weighted by molar-refractivity contribution is 7.99. The summed E-state index contributed by atoms with van der Waals surface area (Å²) in [7, 11) is 0. The maximum absolute atomic E-state index is 12.3. The first-order valence-corrected chi connectivity index (χ1v) is 8.20. The van der Waals surface area contributed by atoms with Gasteiger partial charge in [0.25, 0.3) is 5.91 Å². The Hall–Kier alpha value is -2.15. The Bertz CT molecular complexity index is 687. The Balaban J connectivity index is 2.02. The number of amides is 1. The average Bonchev–Trinajstić information content (AvgIpc) is 2.54. The molecule has 2 aromatic carbocycles. The van der Waals surface area contributed by atoms with Crippen LogP contribution in [-0.2, 0) is 0 Å². The number of rotatable bonds is 6. The van der Waals surface area contributed by atoms with E-state index in [4.69, 9.17) is 0 Å². The van der Waals surface area contributed by atoms with Crippen molar-refractivity contribution in [3.63, 3.8) is 0 Å². The number of alkyl halides is 3. The van der Waals surface area contributed by atoms with E-state index in [-0.39, 0.29) is 11.7 Å². The Labute approximate surface area is 142 Å². The molecule has 0 aliphatic heterocycles. The van der Waals surface area contributed by atoms with Gasteiger partial charge in [0.2, 0.25) is 0 Å². The highest BCUT2D eigenvalue weighted by atomic mass is 32.2. The molecule has 0 unspecified atom stereocenters. The van der Waals surface area contributed by atoms with Gasteiger partial charge >= 0.3 is 6.18 Å². The van der Waals surface area contributed by atoms with Crippen LogP contribution >= 0.6 is 11.8 Å². The molecule has 0 atom stereocenters. The van der Waals surface area contributed by atoms with Crippen LogP contribution in [0.1, 0.15) is 17.3 Å². The summed E-state index contributed by atoms with van der Waals surface area (Å²) in [6.07, 6.45) is -4.38. The van der Waals surface area contributed by atoms with E-state index >= 15 is 0 Å². The van der Waals surface area contributed by atoms with E-state index in [0.29, 0.717) is 11.3 Å². The summed E-state index contributed by atoms with van der Waals surface area (Å²) in [4.78, 5) is 13.2. The molecule has 0 heterocycles. The Kier molecular flexibility index (Phi) is 6.14. The third-order valence-electron chi connectivity index (χ3n) is 2.95. The third-order valence-corrected chi connectivity index (χ3v) is 3.90. The summed E-state index contributed by atoms with van der Waals surface area (Å²) >= 11 is 1.56. The molecular formula is C17H16F3NO2S. The van der Waals surface area contributed by atoms with E-state index in [1.165, 1.54) is 24.3 Å². The van der Waals surface area contributed by atoms with E-state index < -0.39 is 12.8 Å². The van der Waals surface area contributed by atoms with Crippen molar-refractivity contribution in [2.45, 2.75) is 18.0 Å². The number of benzene rings is 2. The maximum atomic E-state index is 12.3. The minimum Gasteiger partial charge on any atom is -0.484 e. The van der Waals surface area contributed by atoms with E-state index in [2.05, 4.69) is 10.1 Å². The Morgan fingerprint density at radius 1 is 1.12 bits per heavy atom.